The number of aliphatic carboxylic acids is 1. The molecule has 0 spiro atoms. The minimum atomic E-state index is -0.896. The van der Waals surface area contributed by atoms with Crippen molar-refractivity contribution < 1.29 is 24.2 Å². The molecular formula is C23H22BrNO5S2. The second-order valence-electron chi connectivity index (χ2n) is 7.08. The molecule has 0 radical (unpaired) electrons. The number of carboxylic acid groups (broad SMARTS) is 1. The van der Waals surface area contributed by atoms with Gasteiger partial charge in [-0.25, -0.2) is 0 Å². The minimum Gasteiger partial charge on any atom is -0.493 e. The molecule has 1 amide bonds. The fourth-order valence-electron chi connectivity index (χ4n) is 3.12. The average Bonchev–Trinajstić information content (AvgIpc) is 3.00. The Bertz CT molecular complexity index is 1090. The number of amides is 1. The van der Waals surface area contributed by atoms with Crippen LogP contribution in [0.3, 0.4) is 0 Å². The molecule has 168 valence electrons. The van der Waals surface area contributed by atoms with Crippen LogP contribution in [0, 0.1) is 6.92 Å². The number of hydrogen-bond donors (Lipinski definition) is 1. The summed E-state index contributed by atoms with van der Waals surface area (Å²) in [6, 6.07) is 11.7. The van der Waals surface area contributed by atoms with Gasteiger partial charge in [0.25, 0.3) is 5.91 Å². The van der Waals surface area contributed by atoms with Crippen molar-refractivity contribution >= 4 is 62.2 Å². The van der Waals surface area contributed by atoms with Crippen LogP contribution in [0.5, 0.6) is 11.5 Å². The maximum Gasteiger partial charge on any atom is 0.303 e. The molecule has 3 rings (SSSR count). The summed E-state index contributed by atoms with van der Waals surface area (Å²) in [5, 5.41) is 8.80. The lowest BCUT2D eigenvalue weighted by Gasteiger charge is -2.15. The van der Waals surface area contributed by atoms with E-state index in [0.717, 1.165) is 16.7 Å². The van der Waals surface area contributed by atoms with E-state index in [4.69, 9.17) is 26.8 Å². The highest BCUT2D eigenvalue weighted by atomic mass is 79.9. The number of hydrogen-bond acceptors (Lipinski definition) is 6. The largest absolute Gasteiger partial charge is 0.493 e. The van der Waals surface area contributed by atoms with Crippen molar-refractivity contribution in [3.63, 3.8) is 0 Å². The Morgan fingerprint density at radius 3 is 2.75 bits per heavy atom. The van der Waals surface area contributed by atoms with E-state index in [1.165, 1.54) is 16.7 Å². The van der Waals surface area contributed by atoms with Crippen LogP contribution in [-0.2, 0) is 16.2 Å². The van der Waals surface area contributed by atoms with E-state index in [1.807, 2.05) is 37.3 Å². The molecule has 0 aliphatic carbocycles. The van der Waals surface area contributed by atoms with Gasteiger partial charge >= 0.3 is 5.97 Å². The number of carbonyl (C=O) groups excluding carboxylic acids is 1. The third-order valence-electron chi connectivity index (χ3n) is 4.83. The number of carboxylic acids is 1. The zero-order chi connectivity index (χ0) is 23.3. The summed E-state index contributed by atoms with van der Waals surface area (Å²) in [6.07, 6.45) is 2.08. The third-order valence-corrected chi connectivity index (χ3v) is 6.80. The molecule has 32 heavy (non-hydrogen) atoms. The molecule has 1 aliphatic heterocycles. The number of methoxy groups -OCH3 is 1. The molecule has 9 heteroatoms. The minimum absolute atomic E-state index is 0.00970. The maximum atomic E-state index is 12.7. The Hall–Kier alpha value is -2.36. The number of halogens is 1. The van der Waals surface area contributed by atoms with Gasteiger partial charge in [-0.3, -0.25) is 14.5 Å². The SMILES string of the molecule is COc1cc(/C=C2\SC(=S)N(CCCC(=O)O)C2=O)cc(Br)c1OCc1ccccc1C. The summed E-state index contributed by atoms with van der Waals surface area (Å²) in [7, 11) is 1.56. The molecule has 1 aliphatic rings. The lowest BCUT2D eigenvalue weighted by molar-refractivity contribution is -0.137. The number of thiocarbonyl (C=S) groups is 1. The second-order valence-corrected chi connectivity index (χ2v) is 9.61. The Morgan fingerprint density at radius 1 is 1.31 bits per heavy atom. The van der Waals surface area contributed by atoms with Crippen molar-refractivity contribution in [1.82, 2.24) is 4.90 Å². The van der Waals surface area contributed by atoms with Crippen LogP contribution < -0.4 is 9.47 Å². The summed E-state index contributed by atoms with van der Waals surface area (Å²) in [5.41, 5.74) is 2.98. The summed E-state index contributed by atoms with van der Waals surface area (Å²) in [4.78, 5) is 25.4. The van der Waals surface area contributed by atoms with Gasteiger partial charge in [0.2, 0.25) is 0 Å². The highest BCUT2D eigenvalue weighted by Crippen LogP contribution is 2.39. The molecule has 0 saturated carbocycles. The van der Waals surface area contributed by atoms with Gasteiger partial charge < -0.3 is 14.6 Å². The number of benzene rings is 2. The quantitative estimate of drug-likeness (QED) is 0.339. The fraction of sp³-hybridized carbons (Fsp3) is 0.261. The Labute approximate surface area is 204 Å². The Kier molecular flexibility index (Phi) is 8.33. The van der Waals surface area contributed by atoms with E-state index in [1.54, 1.807) is 19.3 Å². The van der Waals surface area contributed by atoms with Crippen molar-refractivity contribution in [1.29, 1.82) is 0 Å². The topological polar surface area (TPSA) is 76.1 Å². The molecule has 1 N–H and O–H groups in total. The molecule has 0 atom stereocenters. The summed E-state index contributed by atoms with van der Waals surface area (Å²) in [6.45, 7) is 2.72. The lowest BCUT2D eigenvalue weighted by atomic mass is 10.1. The van der Waals surface area contributed by atoms with E-state index >= 15 is 0 Å². The van der Waals surface area contributed by atoms with Crippen LogP contribution in [0.1, 0.15) is 29.5 Å². The first kappa shape index (κ1) is 24.3. The van der Waals surface area contributed by atoms with Crippen molar-refractivity contribution in [3.8, 4) is 11.5 Å². The predicted octanol–water partition coefficient (Wildman–Crippen LogP) is 5.41. The highest BCUT2D eigenvalue weighted by molar-refractivity contribution is 9.10. The van der Waals surface area contributed by atoms with E-state index < -0.39 is 5.97 Å². The van der Waals surface area contributed by atoms with E-state index in [-0.39, 0.29) is 18.9 Å². The molecule has 2 aromatic carbocycles. The molecule has 6 nitrogen and oxygen atoms in total. The summed E-state index contributed by atoms with van der Waals surface area (Å²) in [5.74, 6) is -0.00159. The van der Waals surface area contributed by atoms with Crippen LogP contribution in [0.15, 0.2) is 45.8 Å². The van der Waals surface area contributed by atoms with Crippen molar-refractivity contribution in [2.75, 3.05) is 13.7 Å². The zero-order valence-corrected chi connectivity index (χ0v) is 20.8. The van der Waals surface area contributed by atoms with Crippen LogP contribution in [0.2, 0.25) is 0 Å². The standard InChI is InChI=1S/C23H22BrNO5S2/c1-14-6-3-4-7-16(14)13-30-21-17(24)10-15(11-18(21)29-2)12-19-22(28)25(23(31)32-19)9-5-8-20(26)27/h3-4,6-7,10-12H,5,8-9,13H2,1-2H3,(H,26,27)/b19-12-. The molecule has 0 aromatic heterocycles. The lowest BCUT2D eigenvalue weighted by Crippen LogP contribution is -2.29. The number of thioether (sulfide) groups is 1. The first-order valence-corrected chi connectivity index (χ1v) is 11.8. The summed E-state index contributed by atoms with van der Waals surface area (Å²) < 4.78 is 12.7. The van der Waals surface area contributed by atoms with Gasteiger partial charge in [-0.15, -0.1) is 0 Å². The normalized spacial score (nSPS) is 14.8. The number of nitrogens with zero attached hydrogens (tertiary/aromatic N) is 1. The molecule has 0 unspecified atom stereocenters. The zero-order valence-electron chi connectivity index (χ0n) is 17.6. The van der Waals surface area contributed by atoms with Crippen LogP contribution in [0.4, 0.5) is 0 Å². The first-order valence-electron chi connectivity index (χ1n) is 9.82. The number of carbonyl (C=O) groups is 2. The van der Waals surface area contributed by atoms with Gasteiger partial charge in [-0.2, -0.15) is 0 Å². The Morgan fingerprint density at radius 2 is 2.06 bits per heavy atom. The first-order chi connectivity index (χ1) is 15.3. The Balaban J connectivity index is 1.77. The van der Waals surface area contributed by atoms with Crippen molar-refractivity contribution in [2.24, 2.45) is 0 Å². The van der Waals surface area contributed by atoms with E-state index in [9.17, 15) is 9.59 Å². The van der Waals surface area contributed by atoms with Crippen LogP contribution in [-0.4, -0.2) is 39.9 Å². The second kappa shape index (κ2) is 11.0. The smallest absolute Gasteiger partial charge is 0.303 e. The summed E-state index contributed by atoms with van der Waals surface area (Å²) >= 11 is 10.1. The molecular weight excluding hydrogens is 514 g/mol. The van der Waals surface area contributed by atoms with Gasteiger partial charge in [0.15, 0.2) is 11.5 Å². The average molecular weight is 536 g/mol. The van der Waals surface area contributed by atoms with Crippen molar-refractivity contribution in [3.05, 3.63) is 62.5 Å². The highest BCUT2D eigenvalue weighted by Gasteiger charge is 2.31. The number of rotatable bonds is 9. The van der Waals surface area contributed by atoms with Crippen molar-refractivity contribution in [2.45, 2.75) is 26.4 Å². The van der Waals surface area contributed by atoms with Gasteiger partial charge in [0.05, 0.1) is 16.5 Å². The van der Waals surface area contributed by atoms with E-state index in [2.05, 4.69) is 15.9 Å². The molecule has 1 heterocycles. The van der Waals surface area contributed by atoms with Gasteiger partial charge in [-0.1, -0.05) is 48.2 Å². The fourth-order valence-corrected chi connectivity index (χ4v) is 5.00. The van der Waals surface area contributed by atoms with Gasteiger partial charge in [0.1, 0.15) is 10.9 Å². The van der Waals surface area contributed by atoms with Crippen LogP contribution >= 0.6 is 39.9 Å². The maximum absolute atomic E-state index is 12.7. The van der Waals surface area contributed by atoms with Gasteiger partial charge in [0, 0.05) is 13.0 Å². The molecule has 1 saturated heterocycles. The number of ether oxygens (including phenoxy) is 2. The molecule has 0 bridgehead atoms. The number of aryl methyl sites for hydroxylation is 1. The van der Waals surface area contributed by atoms with Gasteiger partial charge in [-0.05, 0) is 64.2 Å². The molecule has 1 fully saturated rings. The molecule has 2 aromatic rings. The van der Waals surface area contributed by atoms with Crippen LogP contribution in [0.25, 0.3) is 6.08 Å². The predicted molar refractivity (Wildman–Crippen MR) is 133 cm³/mol. The van der Waals surface area contributed by atoms with E-state index in [0.29, 0.717) is 38.2 Å². The third kappa shape index (κ3) is 5.90. The monoisotopic (exact) mass is 535 g/mol.